The van der Waals surface area contributed by atoms with Gasteiger partial charge in [-0.2, -0.15) is 0 Å². The van der Waals surface area contributed by atoms with Crippen molar-refractivity contribution in [1.82, 2.24) is 4.72 Å². The lowest BCUT2D eigenvalue weighted by Gasteiger charge is -2.15. The molecule has 2 aromatic carbocycles. The molecule has 0 bridgehead atoms. The summed E-state index contributed by atoms with van der Waals surface area (Å²) in [5.74, 6) is 1.28. The summed E-state index contributed by atoms with van der Waals surface area (Å²) in [6.07, 6.45) is 0. The van der Waals surface area contributed by atoms with Crippen LogP contribution in [0.2, 0.25) is 0 Å². The van der Waals surface area contributed by atoms with E-state index in [9.17, 15) is 13.2 Å². The zero-order valence-corrected chi connectivity index (χ0v) is 18.7. The minimum atomic E-state index is -3.27. The van der Waals surface area contributed by atoms with Gasteiger partial charge in [0.25, 0.3) is 0 Å². The lowest BCUT2D eigenvalue weighted by atomic mass is 10.0. The van der Waals surface area contributed by atoms with Crippen LogP contribution >= 0.6 is 0 Å². The molecule has 0 saturated carbocycles. The molecule has 2 rings (SSSR count). The second-order valence-electron chi connectivity index (χ2n) is 7.32. The van der Waals surface area contributed by atoms with Crippen LogP contribution in [0.25, 0.3) is 0 Å². The van der Waals surface area contributed by atoms with Crippen molar-refractivity contribution in [1.29, 1.82) is 0 Å². The van der Waals surface area contributed by atoms with Gasteiger partial charge in [-0.15, -0.1) is 0 Å². The average Bonchev–Trinajstić information content (AvgIpc) is 2.69. The van der Waals surface area contributed by atoms with E-state index in [4.69, 9.17) is 9.47 Å². The van der Waals surface area contributed by atoms with Crippen molar-refractivity contribution in [2.45, 2.75) is 38.9 Å². The minimum absolute atomic E-state index is 0.0480. The SMILES string of the molecule is CC(=O)Nc1cccc(OCCOc2ccc(C(C)CNS(=O)(=O)C(C)C)cc2)c1. The van der Waals surface area contributed by atoms with Crippen molar-refractivity contribution in [3.63, 3.8) is 0 Å². The fraction of sp³-hybridized carbons (Fsp3) is 0.409. The predicted molar refractivity (Wildman–Crippen MR) is 119 cm³/mol. The Morgan fingerprint density at radius 1 is 0.967 bits per heavy atom. The van der Waals surface area contributed by atoms with Crippen molar-refractivity contribution in [2.24, 2.45) is 0 Å². The van der Waals surface area contributed by atoms with Crippen molar-refractivity contribution in [2.75, 3.05) is 25.1 Å². The van der Waals surface area contributed by atoms with Gasteiger partial charge in [-0.05, 0) is 49.6 Å². The van der Waals surface area contributed by atoms with E-state index in [1.54, 1.807) is 26.0 Å². The number of ether oxygens (including phenoxy) is 2. The first-order valence-corrected chi connectivity index (χ1v) is 11.4. The van der Waals surface area contributed by atoms with Crippen LogP contribution < -0.4 is 19.5 Å². The van der Waals surface area contributed by atoms with Gasteiger partial charge in [0.15, 0.2) is 0 Å². The van der Waals surface area contributed by atoms with Gasteiger partial charge in [-0.1, -0.05) is 25.1 Å². The normalized spacial score (nSPS) is 12.4. The summed E-state index contributed by atoms with van der Waals surface area (Å²) in [5, 5.41) is 2.26. The first kappa shape index (κ1) is 23.7. The molecule has 0 saturated heterocycles. The maximum absolute atomic E-state index is 11.9. The van der Waals surface area contributed by atoms with E-state index >= 15 is 0 Å². The Morgan fingerprint density at radius 2 is 1.60 bits per heavy atom. The molecular formula is C22H30N2O5S. The molecule has 1 atom stereocenters. The molecule has 0 aliphatic heterocycles. The largest absolute Gasteiger partial charge is 0.490 e. The molecule has 0 aliphatic rings. The van der Waals surface area contributed by atoms with E-state index in [1.165, 1.54) is 6.92 Å². The number of amides is 1. The zero-order valence-electron chi connectivity index (χ0n) is 17.8. The maximum Gasteiger partial charge on any atom is 0.221 e. The van der Waals surface area contributed by atoms with Crippen molar-refractivity contribution in [3.8, 4) is 11.5 Å². The van der Waals surface area contributed by atoms with Crippen molar-refractivity contribution >= 4 is 21.6 Å². The van der Waals surface area contributed by atoms with E-state index < -0.39 is 15.3 Å². The second-order valence-corrected chi connectivity index (χ2v) is 9.64. The van der Waals surface area contributed by atoms with Gasteiger partial charge in [0, 0.05) is 25.2 Å². The summed E-state index contributed by atoms with van der Waals surface area (Å²) in [7, 11) is -3.27. The number of hydrogen-bond donors (Lipinski definition) is 2. The number of nitrogens with one attached hydrogen (secondary N) is 2. The lowest BCUT2D eigenvalue weighted by molar-refractivity contribution is -0.114. The standard InChI is InChI=1S/C22H30N2O5S/c1-16(2)30(26,27)23-15-17(3)19-8-10-21(11-9-19)28-12-13-29-22-7-5-6-20(14-22)24-18(4)25/h5-11,14,16-17,23H,12-13,15H2,1-4H3,(H,24,25). The Balaban J connectivity index is 1.77. The quantitative estimate of drug-likeness (QED) is 0.528. The van der Waals surface area contributed by atoms with Gasteiger partial charge in [0.2, 0.25) is 15.9 Å². The summed E-state index contributed by atoms with van der Waals surface area (Å²) >= 11 is 0. The molecule has 2 N–H and O–H groups in total. The van der Waals surface area contributed by atoms with E-state index in [1.807, 2.05) is 43.3 Å². The molecule has 0 radical (unpaired) electrons. The van der Waals surface area contributed by atoms with Gasteiger partial charge in [0.1, 0.15) is 24.7 Å². The Labute approximate surface area is 178 Å². The number of carbonyl (C=O) groups is 1. The number of anilines is 1. The topological polar surface area (TPSA) is 93.7 Å². The molecule has 0 aromatic heterocycles. The van der Waals surface area contributed by atoms with Crippen LogP contribution in [0.3, 0.4) is 0 Å². The van der Waals surface area contributed by atoms with Crippen molar-refractivity contribution in [3.05, 3.63) is 54.1 Å². The molecule has 8 heteroatoms. The number of benzene rings is 2. The van der Waals surface area contributed by atoms with Gasteiger partial charge < -0.3 is 14.8 Å². The fourth-order valence-corrected chi connectivity index (χ4v) is 3.42. The number of sulfonamides is 1. The molecule has 0 heterocycles. The van der Waals surface area contributed by atoms with Gasteiger partial charge in [0.05, 0.1) is 5.25 Å². The first-order chi connectivity index (χ1) is 14.2. The lowest BCUT2D eigenvalue weighted by Crippen LogP contribution is -2.33. The van der Waals surface area contributed by atoms with Crippen LogP contribution in [-0.4, -0.2) is 39.3 Å². The molecule has 30 heavy (non-hydrogen) atoms. The fourth-order valence-electron chi connectivity index (χ4n) is 2.60. The highest BCUT2D eigenvalue weighted by Crippen LogP contribution is 2.20. The van der Waals surface area contributed by atoms with Crippen LogP contribution in [0.4, 0.5) is 5.69 Å². The third-order valence-corrected chi connectivity index (χ3v) is 6.25. The van der Waals surface area contributed by atoms with Crippen LogP contribution in [0.1, 0.15) is 39.2 Å². The third-order valence-electron chi connectivity index (χ3n) is 4.44. The summed E-state index contributed by atoms with van der Waals surface area (Å²) in [5.41, 5.74) is 1.71. The Hall–Kier alpha value is -2.58. The molecule has 0 fully saturated rings. The van der Waals surface area contributed by atoms with Gasteiger partial charge >= 0.3 is 0 Å². The summed E-state index contributed by atoms with van der Waals surface area (Å²) in [6, 6.07) is 14.8. The molecule has 2 aromatic rings. The Morgan fingerprint density at radius 3 is 2.20 bits per heavy atom. The predicted octanol–water partition coefficient (Wildman–Crippen LogP) is 3.53. The number of hydrogen-bond acceptors (Lipinski definition) is 5. The maximum atomic E-state index is 11.9. The van der Waals surface area contributed by atoms with Crippen LogP contribution in [0.15, 0.2) is 48.5 Å². The molecule has 1 unspecified atom stereocenters. The molecule has 0 aliphatic carbocycles. The molecule has 164 valence electrons. The summed E-state index contributed by atoms with van der Waals surface area (Å²) < 4.78 is 37.7. The summed E-state index contributed by atoms with van der Waals surface area (Å²) in [4.78, 5) is 11.1. The van der Waals surface area contributed by atoms with E-state index in [-0.39, 0.29) is 11.8 Å². The first-order valence-electron chi connectivity index (χ1n) is 9.89. The average molecular weight is 435 g/mol. The highest BCUT2D eigenvalue weighted by Gasteiger charge is 2.17. The van der Waals surface area contributed by atoms with E-state index in [0.717, 1.165) is 5.56 Å². The van der Waals surface area contributed by atoms with E-state index in [0.29, 0.717) is 36.9 Å². The van der Waals surface area contributed by atoms with E-state index in [2.05, 4.69) is 10.0 Å². The molecule has 7 nitrogen and oxygen atoms in total. The number of rotatable bonds is 11. The van der Waals surface area contributed by atoms with Crippen LogP contribution in [-0.2, 0) is 14.8 Å². The van der Waals surface area contributed by atoms with Crippen molar-refractivity contribution < 1.29 is 22.7 Å². The molecular weight excluding hydrogens is 404 g/mol. The smallest absolute Gasteiger partial charge is 0.221 e. The van der Waals surface area contributed by atoms with Crippen LogP contribution in [0, 0.1) is 0 Å². The zero-order chi connectivity index (χ0) is 22.1. The minimum Gasteiger partial charge on any atom is -0.490 e. The monoisotopic (exact) mass is 434 g/mol. The van der Waals surface area contributed by atoms with Gasteiger partial charge in [-0.3, -0.25) is 4.79 Å². The van der Waals surface area contributed by atoms with Gasteiger partial charge in [-0.25, -0.2) is 13.1 Å². The Kier molecular flexibility index (Phi) is 8.68. The molecule has 1 amide bonds. The van der Waals surface area contributed by atoms with Crippen LogP contribution in [0.5, 0.6) is 11.5 Å². The summed E-state index contributed by atoms with van der Waals surface area (Å²) in [6.45, 7) is 7.82. The highest BCUT2D eigenvalue weighted by atomic mass is 32.2. The Bertz CT molecular complexity index is 927. The highest BCUT2D eigenvalue weighted by molar-refractivity contribution is 7.90. The third kappa shape index (κ3) is 7.68. The number of carbonyl (C=O) groups excluding carboxylic acids is 1. The molecule has 0 spiro atoms. The second kappa shape index (κ2) is 11.0.